The molecule has 1 heterocycles. The number of carbonyl (C=O) groups is 2. The van der Waals surface area contributed by atoms with E-state index in [9.17, 15) is 9.59 Å². The molecule has 1 aromatic heterocycles. The van der Waals surface area contributed by atoms with Gasteiger partial charge in [-0.15, -0.1) is 23.1 Å². The molecule has 0 saturated carbocycles. The van der Waals surface area contributed by atoms with Crippen LogP contribution in [0.2, 0.25) is 0 Å². The number of aryl methyl sites for hydroxylation is 1. The van der Waals surface area contributed by atoms with Gasteiger partial charge in [0.25, 0.3) is 5.91 Å². The lowest BCUT2D eigenvalue weighted by Gasteiger charge is -2.10. The molecular formula is C19H18N4O2S2. The number of nitrogens with one attached hydrogen (secondary N) is 2. The van der Waals surface area contributed by atoms with E-state index in [1.807, 2.05) is 30.5 Å². The maximum absolute atomic E-state index is 12.7. The van der Waals surface area contributed by atoms with Crippen LogP contribution in [0.15, 0.2) is 58.8 Å². The molecule has 0 aliphatic rings. The van der Waals surface area contributed by atoms with Gasteiger partial charge >= 0.3 is 6.03 Å². The number of hydrogen-bond donors (Lipinski definition) is 3. The number of rotatable bonds is 6. The van der Waals surface area contributed by atoms with Crippen molar-refractivity contribution in [3.05, 3.63) is 70.2 Å². The first-order valence-electron chi connectivity index (χ1n) is 8.12. The Hall–Kier alpha value is -2.84. The van der Waals surface area contributed by atoms with Crippen LogP contribution in [0.5, 0.6) is 0 Å². The minimum absolute atomic E-state index is 0.219. The van der Waals surface area contributed by atoms with Gasteiger partial charge in [-0.2, -0.15) is 0 Å². The zero-order valence-electron chi connectivity index (χ0n) is 14.6. The van der Waals surface area contributed by atoms with E-state index in [-0.39, 0.29) is 5.91 Å². The Balaban J connectivity index is 1.72. The first kappa shape index (κ1) is 18.9. The molecule has 0 bridgehead atoms. The van der Waals surface area contributed by atoms with Gasteiger partial charge in [-0.1, -0.05) is 18.2 Å². The highest BCUT2D eigenvalue weighted by molar-refractivity contribution is 7.98. The third-order valence-corrected chi connectivity index (χ3v) is 5.49. The Kier molecular flexibility index (Phi) is 6.10. The molecule has 4 N–H and O–H groups in total. The molecule has 0 radical (unpaired) electrons. The summed E-state index contributed by atoms with van der Waals surface area (Å²) in [6.45, 7) is 1.97. The van der Waals surface area contributed by atoms with E-state index in [1.54, 1.807) is 53.4 Å². The number of carbonyl (C=O) groups excluding carboxylic acids is 2. The third-order valence-electron chi connectivity index (χ3n) is 3.56. The number of urea groups is 1. The Morgan fingerprint density at radius 1 is 1.11 bits per heavy atom. The molecule has 0 aliphatic heterocycles. The molecule has 0 atom stereocenters. The molecule has 0 unspecified atom stereocenters. The molecule has 0 spiro atoms. The zero-order valence-corrected chi connectivity index (χ0v) is 16.2. The van der Waals surface area contributed by atoms with Gasteiger partial charge in [-0.3, -0.25) is 4.79 Å². The van der Waals surface area contributed by atoms with Crippen LogP contribution in [-0.2, 0) is 5.75 Å². The van der Waals surface area contributed by atoms with Crippen molar-refractivity contribution in [1.29, 1.82) is 0 Å². The van der Waals surface area contributed by atoms with E-state index in [0.717, 1.165) is 15.6 Å². The lowest BCUT2D eigenvalue weighted by atomic mass is 10.2. The fraction of sp³-hybridized carbons (Fsp3) is 0.105. The average molecular weight is 399 g/mol. The van der Waals surface area contributed by atoms with Crippen molar-refractivity contribution < 1.29 is 9.59 Å². The molecule has 3 rings (SSSR count). The normalized spacial score (nSPS) is 10.4. The number of thiazole rings is 1. The highest BCUT2D eigenvalue weighted by atomic mass is 32.2. The first-order valence-corrected chi connectivity index (χ1v) is 9.98. The van der Waals surface area contributed by atoms with E-state index in [2.05, 4.69) is 15.6 Å². The number of thioether (sulfide) groups is 1. The lowest BCUT2D eigenvalue weighted by molar-refractivity contribution is 0.102. The molecule has 0 aliphatic carbocycles. The summed E-state index contributed by atoms with van der Waals surface area (Å²) in [5.74, 6) is 0.482. The zero-order chi connectivity index (χ0) is 19.2. The molecule has 0 fully saturated rings. The molecule has 8 heteroatoms. The quantitative estimate of drug-likeness (QED) is 0.533. The van der Waals surface area contributed by atoms with Gasteiger partial charge in [-0.25, -0.2) is 9.78 Å². The summed E-state index contributed by atoms with van der Waals surface area (Å²) < 4.78 is 0. The number of nitrogens with zero attached hydrogens (tertiary/aromatic N) is 1. The molecule has 3 aromatic rings. The van der Waals surface area contributed by atoms with Gasteiger partial charge in [0.2, 0.25) is 0 Å². The van der Waals surface area contributed by atoms with Gasteiger partial charge in [0, 0.05) is 27.4 Å². The molecule has 27 heavy (non-hydrogen) atoms. The van der Waals surface area contributed by atoms with Gasteiger partial charge < -0.3 is 16.4 Å². The summed E-state index contributed by atoms with van der Waals surface area (Å²) in [7, 11) is 0. The van der Waals surface area contributed by atoms with Crippen molar-refractivity contribution in [2.75, 3.05) is 10.6 Å². The van der Waals surface area contributed by atoms with Crippen LogP contribution in [-0.4, -0.2) is 16.9 Å². The fourth-order valence-corrected chi connectivity index (χ4v) is 4.08. The van der Waals surface area contributed by atoms with Crippen LogP contribution >= 0.6 is 23.1 Å². The fourth-order valence-electron chi connectivity index (χ4n) is 2.42. The van der Waals surface area contributed by atoms with Crippen molar-refractivity contribution in [2.45, 2.75) is 17.6 Å². The van der Waals surface area contributed by atoms with Crippen LogP contribution in [0.3, 0.4) is 0 Å². The highest BCUT2D eigenvalue weighted by Crippen LogP contribution is 2.27. The Bertz CT molecular complexity index is 972. The van der Waals surface area contributed by atoms with Crippen molar-refractivity contribution in [3.8, 4) is 0 Å². The topological polar surface area (TPSA) is 97.1 Å². The Labute approximate surface area is 165 Å². The third kappa shape index (κ3) is 5.32. The van der Waals surface area contributed by atoms with E-state index in [1.165, 1.54) is 0 Å². The average Bonchev–Trinajstić information content (AvgIpc) is 3.05. The highest BCUT2D eigenvalue weighted by Gasteiger charge is 2.13. The number of amides is 3. The molecule has 138 valence electrons. The molecule has 2 aromatic carbocycles. The van der Waals surface area contributed by atoms with Crippen LogP contribution in [0.1, 0.15) is 21.1 Å². The van der Waals surface area contributed by atoms with Crippen LogP contribution in [0, 0.1) is 6.92 Å². The van der Waals surface area contributed by atoms with E-state index >= 15 is 0 Å². The molecular weight excluding hydrogens is 380 g/mol. The predicted molar refractivity (Wildman–Crippen MR) is 110 cm³/mol. The smallest absolute Gasteiger partial charge is 0.316 e. The van der Waals surface area contributed by atoms with Crippen molar-refractivity contribution in [1.82, 2.24) is 4.98 Å². The summed E-state index contributed by atoms with van der Waals surface area (Å²) >= 11 is 3.19. The number of aromatic nitrogens is 1. The summed E-state index contributed by atoms with van der Waals surface area (Å²) in [4.78, 5) is 29.0. The molecule has 6 nitrogen and oxygen atoms in total. The van der Waals surface area contributed by atoms with Crippen LogP contribution < -0.4 is 16.4 Å². The Morgan fingerprint density at radius 2 is 1.85 bits per heavy atom. The SMILES string of the molecule is Cc1nc(CSc2ccccc2C(=O)Nc2cccc(NC(N)=O)c2)cs1. The second-order valence-electron chi connectivity index (χ2n) is 5.67. The van der Waals surface area contributed by atoms with Gasteiger partial charge in [0.05, 0.1) is 16.3 Å². The van der Waals surface area contributed by atoms with Gasteiger partial charge in [0.1, 0.15) is 0 Å². The maximum atomic E-state index is 12.7. The van der Waals surface area contributed by atoms with Crippen LogP contribution in [0.4, 0.5) is 16.2 Å². The van der Waals surface area contributed by atoms with Crippen LogP contribution in [0.25, 0.3) is 0 Å². The number of primary amides is 1. The second kappa shape index (κ2) is 8.70. The standard InChI is InChI=1S/C19H18N4O2S2/c1-12-21-15(10-26-12)11-27-17-8-3-2-7-16(17)18(24)22-13-5-4-6-14(9-13)23-19(20)25/h2-10H,11H2,1H3,(H,22,24)(H3,20,23,25). The number of nitrogens with two attached hydrogens (primary N) is 1. The molecule has 3 amide bonds. The van der Waals surface area contributed by atoms with E-state index in [4.69, 9.17) is 5.73 Å². The monoisotopic (exact) mass is 398 g/mol. The summed E-state index contributed by atoms with van der Waals surface area (Å²) in [6.07, 6.45) is 0. The van der Waals surface area contributed by atoms with E-state index < -0.39 is 6.03 Å². The van der Waals surface area contributed by atoms with Gasteiger partial charge in [-0.05, 0) is 37.3 Å². The second-order valence-corrected chi connectivity index (χ2v) is 7.75. The Morgan fingerprint density at radius 3 is 2.56 bits per heavy atom. The van der Waals surface area contributed by atoms with Crippen molar-refractivity contribution in [3.63, 3.8) is 0 Å². The summed E-state index contributed by atoms with van der Waals surface area (Å²) in [5.41, 5.74) is 7.80. The maximum Gasteiger partial charge on any atom is 0.316 e. The lowest BCUT2D eigenvalue weighted by Crippen LogP contribution is -2.19. The van der Waals surface area contributed by atoms with Crippen molar-refractivity contribution in [2.24, 2.45) is 5.73 Å². The van der Waals surface area contributed by atoms with Gasteiger partial charge in [0.15, 0.2) is 0 Å². The number of hydrogen-bond acceptors (Lipinski definition) is 5. The minimum atomic E-state index is -0.655. The van der Waals surface area contributed by atoms with E-state index in [0.29, 0.717) is 22.7 Å². The number of benzene rings is 2. The molecule has 0 saturated heterocycles. The minimum Gasteiger partial charge on any atom is -0.351 e. The predicted octanol–water partition coefficient (Wildman–Crippen LogP) is 4.49. The first-order chi connectivity index (χ1) is 13.0. The number of anilines is 2. The summed E-state index contributed by atoms with van der Waals surface area (Å²) in [6, 6.07) is 13.6. The van der Waals surface area contributed by atoms with Crippen molar-refractivity contribution >= 4 is 46.4 Å². The largest absolute Gasteiger partial charge is 0.351 e. The summed E-state index contributed by atoms with van der Waals surface area (Å²) in [5, 5.41) is 8.40.